The van der Waals surface area contributed by atoms with Crippen LogP contribution < -0.4 is 10.6 Å². The highest BCUT2D eigenvalue weighted by Gasteiger charge is 2.35. The van der Waals surface area contributed by atoms with Gasteiger partial charge in [0.25, 0.3) is 0 Å². The Labute approximate surface area is 110 Å². The van der Waals surface area contributed by atoms with Gasteiger partial charge in [-0.3, -0.25) is 0 Å². The van der Waals surface area contributed by atoms with Gasteiger partial charge in [-0.25, -0.2) is 4.79 Å². The molecule has 100 valence electrons. The SMILES string of the molecule is CC(C)(C)OC(=O)C1CCCN1c1nnc(N)s1. The molecule has 2 N–H and O–H groups in total. The smallest absolute Gasteiger partial charge is 0.329 e. The van der Waals surface area contributed by atoms with Gasteiger partial charge in [0.05, 0.1) is 0 Å². The van der Waals surface area contributed by atoms with E-state index < -0.39 is 5.60 Å². The van der Waals surface area contributed by atoms with E-state index >= 15 is 0 Å². The number of carbonyl (C=O) groups is 1. The third-order valence-electron chi connectivity index (χ3n) is 2.61. The van der Waals surface area contributed by atoms with E-state index in [2.05, 4.69) is 10.2 Å². The average Bonchev–Trinajstić information content (AvgIpc) is 2.81. The second kappa shape index (κ2) is 4.72. The number of nitrogens with two attached hydrogens (primary N) is 1. The Morgan fingerprint density at radius 2 is 2.22 bits per heavy atom. The molecular formula is C11H18N4O2S. The zero-order valence-electron chi connectivity index (χ0n) is 10.8. The molecule has 18 heavy (non-hydrogen) atoms. The second-order valence-corrected chi connectivity index (χ2v) is 6.30. The van der Waals surface area contributed by atoms with Crippen LogP contribution in [0.15, 0.2) is 0 Å². The number of rotatable bonds is 2. The Morgan fingerprint density at radius 3 is 2.78 bits per heavy atom. The number of esters is 1. The lowest BCUT2D eigenvalue weighted by molar-refractivity contribution is -0.156. The Kier molecular flexibility index (Phi) is 3.43. The maximum absolute atomic E-state index is 12.1. The van der Waals surface area contributed by atoms with Gasteiger partial charge in [0.2, 0.25) is 10.3 Å². The fraction of sp³-hybridized carbons (Fsp3) is 0.727. The maximum Gasteiger partial charge on any atom is 0.329 e. The number of hydrogen-bond donors (Lipinski definition) is 1. The summed E-state index contributed by atoms with van der Waals surface area (Å²) >= 11 is 1.30. The Bertz CT molecular complexity index is 440. The van der Waals surface area contributed by atoms with Gasteiger partial charge in [0.1, 0.15) is 11.6 Å². The Balaban J connectivity index is 2.10. The molecule has 0 amide bonds. The highest BCUT2D eigenvalue weighted by atomic mass is 32.1. The summed E-state index contributed by atoms with van der Waals surface area (Å²) in [6, 6.07) is -0.267. The van der Waals surface area contributed by atoms with E-state index in [0.29, 0.717) is 10.3 Å². The van der Waals surface area contributed by atoms with Crippen LogP contribution in [0.3, 0.4) is 0 Å². The van der Waals surface area contributed by atoms with Crippen molar-refractivity contribution >= 4 is 27.6 Å². The Hall–Kier alpha value is -1.37. The van der Waals surface area contributed by atoms with Crippen LogP contribution in [0.2, 0.25) is 0 Å². The van der Waals surface area contributed by atoms with Gasteiger partial charge >= 0.3 is 5.97 Å². The molecule has 6 nitrogen and oxygen atoms in total. The van der Waals surface area contributed by atoms with Crippen LogP contribution in [0.25, 0.3) is 0 Å². The van der Waals surface area contributed by atoms with Crippen LogP contribution in [-0.4, -0.2) is 34.4 Å². The van der Waals surface area contributed by atoms with Crippen molar-refractivity contribution in [3.63, 3.8) is 0 Å². The Morgan fingerprint density at radius 1 is 1.50 bits per heavy atom. The first-order chi connectivity index (χ1) is 8.37. The fourth-order valence-corrected chi connectivity index (χ4v) is 2.64. The first-order valence-corrected chi connectivity index (χ1v) is 6.77. The largest absolute Gasteiger partial charge is 0.458 e. The zero-order chi connectivity index (χ0) is 13.3. The van der Waals surface area contributed by atoms with E-state index in [1.807, 2.05) is 25.7 Å². The van der Waals surface area contributed by atoms with E-state index in [9.17, 15) is 4.79 Å². The van der Waals surface area contributed by atoms with Gasteiger partial charge in [0, 0.05) is 6.54 Å². The normalized spacial score (nSPS) is 20.2. The molecule has 1 aliphatic rings. The second-order valence-electron chi connectivity index (χ2n) is 5.31. The van der Waals surface area contributed by atoms with Crippen LogP contribution in [0.5, 0.6) is 0 Å². The molecule has 2 rings (SSSR count). The highest BCUT2D eigenvalue weighted by molar-refractivity contribution is 7.18. The van der Waals surface area contributed by atoms with Gasteiger partial charge in [-0.2, -0.15) is 0 Å². The van der Waals surface area contributed by atoms with Crippen LogP contribution in [0, 0.1) is 0 Å². The van der Waals surface area contributed by atoms with Crippen LogP contribution >= 0.6 is 11.3 Å². The maximum atomic E-state index is 12.1. The molecule has 1 aliphatic heterocycles. The molecule has 7 heteroatoms. The molecule has 1 fully saturated rings. The van der Waals surface area contributed by atoms with Crippen LogP contribution in [0.4, 0.5) is 10.3 Å². The summed E-state index contributed by atoms with van der Waals surface area (Å²) < 4.78 is 5.42. The van der Waals surface area contributed by atoms with Crippen molar-refractivity contribution in [2.24, 2.45) is 0 Å². The molecule has 1 aromatic rings. The lowest BCUT2D eigenvalue weighted by atomic mass is 10.1. The topological polar surface area (TPSA) is 81.3 Å². The molecule has 1 aromatic heterocycles. The first kappa shape index (κ1) is 13.1. The van der Waals surface area contributed by atoms with Gasteiger partial charge in [-0.1, -0.05) is 11.3 Å². The molecule has 0 saturated carbocycles. The van der Waals surface area contributed by atoms with E-state index in [4.69, 9.17) is 10.5 Å². The first-order valence-electron chi connectivity index (χ1n) is 5.95. The number of nitrogen functional groups attached to an aromatic ring is 1. The quantitative estimate of drug-likeness (QED) is 0.819. The fourth-order valence-electron chi connectivity index (χ4n) is 1.95. The van der Waals surface area contributed by atoms with Crippen molar-refractivity contribution in [1.29, 1.82) is 0 Å². The molecule has 0 aliphatic carbocycles. The summed E-state index contributed by atoms with van der Waals surface area (Å²) in [5.41, 5.74) is 5.10. The lowest BCUT2D eigenvalue weighted by Gasteiger charge is -2.26. The number of anilines is 2. The number of nitrogens with zero attached hydrogens (tertiary/aromatic N) is 3. The van der Waals surface area contributed by atoms with E-state index in [1.54, 1.807) is 0 Å². The summed E-state index contributed by atoms with van der Waals surface area (Å²) in [5.74, 6) is -0.200. The molecule has 1 atom stereocenters. The zero-order valence-corrected chi connectivity index (χ0v) is 11.7. The lowest BCUT2D eigenvalue weighted by Crippen LogP contribution is -2.40. The molecular weight excluding hydrogens is 252 g/mol. The summed E-state index contributed by atoms with van der Waals surface area (Å²) in [4.78, 5) is 14.0. The van der Waals surface area contributed by atoms with E-state index in [-0.39, 0.29) is 12.0 Å². The summed E-state index contributed by atoms with van der Waals surface area (Å²) in [7, 11) is 0. The molecule has 1 saturated heterocycles. The van der Waals surface area contributed by atoms with Gasteiger partial charge in [0.15, 0.2) is 0 Å². The summed E-state index contributed by atoms with van der Waals surface area (Å²) in [6.45, 7) is 6.39. The van der Waals surface area contributed by atoms with Crippen molar-refractivity contribution in [2.75, 3.05) is 17.2 Å². The minimum Gasteiger partial charge on any atom is -0.458 e. The third-order valence-corrected chi connectivity index (χ3v) is 3.40. The van der Waals surface area contributed by atoms with Crippen molar-refractivity contribution in [2.45, 2.75) is 45.3 Å². The van der Waals surface area contributed by atoms with Gasteiger partial charge < -0.3 is 15.4 Å². The number of carbonyl (C=O) groups excluding carboxylic acids is 1. The standard InChI is InChI=1S/C11H18N4O2S/c1-11(2,3)17-8(16)7-5-4-6-15(7)10-14-13-9(12)18-10/h7H,4-6H2,1-3H3,(H2,12,13). The number of ether oxygens (including phenoxy) is 1. The van der Waals surface area contributed by atoms with Crippen molar-refractivity contribution in [3.05, 3.63) is 0 Å². The minimum absolute atomic E-state index is 0.200. The third kappa shape index (κ3) is 2.90. The van der Waals surface area contributed by atoms with Crippen LogP contribution in [-0.2, 0) is 9.53 Å². The van der Waals surface area contributed by atoms with Gasteiger partial charge in [-0.15, -0.1) is 10.2 Å². The molecule has 2 heterocycles. The summed E-state index contributed by atoms with van der Waals surface area (Å²) in [5, 5.41) is 8.88. The molecule has 1 unspecified atom stereocenters. The molecule has 0 spiro atoms. The average molecular weight is 270 g/mol. The van der Waals surface area contributed by atoms with Crippen molar-refractivity contribution in [3.8, 4) is 0 Å². The van der Waals surface area contributed by atoms with Crippen molar-refractivity contribution < 1.29 is 9.53 Å². The van der Waals surface area contributed by atoms with Crippen molar-refractivity contribution in [1.82, 2.24) is 10.2 Å². The molecule has 0 bridgehead atoms. The summed E-state index contributed by atoms with van der Waals surface area (Å²) in [6.07, 6.45) is 1.73. The molecule has 0 radical (unpaired) electrons. The number of aromatic nitrogens is 2. The van der Waals surface area contributed by atoms with E-state index in [0.717, 1.165) is 19.4 Å². The van der Waals surface area contributed by atoms with E-state index in [1.165, 1.54) is 11.3 Å². The highest BCUT2D eigenvalue weighted by Crippen LogP contribution is 2.30. The predicted molar refractivity (Wildman–Crippen MR) is 70.5 cm³/mol. The molecule has 0 aromatic carbocycles. The van der Waals surface area contributed by atoms with Crippen LogP contribution in [0.1, 0.15) is 33.6 Å². The van der Waals surface area contributed by atoms with Gasteiger partial charge in [-0.05, 0) is 33.6 Å². The number of hydrogen-bond acceptors (Lipinski definition) is 7. The monoisotopic (exact) mass is 270 g/mol. The predicted octanol–water partition coefficient (Wildman–Crippen LogP) is 1.43. The minimum atomic E-state index is -0.467.